The summed E-state index contributed by atoms with van der Waals surface area (Å²) in [4.78, 5) is 31.6. The number of rotatable bonds is 13. The van der Waals surface area contributed by atoms with Crippen LogP contribution >= 0.6 is 11.6 Å². The molecule has 10 heteroatoms. The molecule has 3 aromatic rings. The fourth-order valence-electron chi connectivity index (χ4n) is 3.55. The summed E-state index contributed by atoms with van der Waals surface area (Å²) in [5.41, 5.74) is 1.24. The van der Waals surface area contributed by atoms with Gasteiger partial charge in [0.15, 0.2) is 11.5 Å². The summed E-state index contributed by atoms with van der Waals surface area (Å²) in [6.45, 7) is 4.05. The van der Waals surface area contributed by atoms with Crippen LogP contribution in [0.4, 0.5) is 11.5 Å². The first-order chi connectivity index (χ1) is 17.4. The molecule has 9 nitrogen and oxygen atoms in total. The van der Waals surface area contributed by atoms with Crippen LogP contribution in [0.1, 0.15) is 46.0 Å². The van der Waals surface area contributed by atoms with Gasteiger partial charge in [-0.3, -0.25) is 9.59 Å². The Morgan fingerprint density at radius 1 is 1.00 bits per heavy atom. The molecule has 0 fully saturated rings. The standard InChI is InChI=1S/C26H30ClN3O6/c1-4-34-25(32)9-7-5-6-8-12-35-22-11-10-18(27)13-21(22)30-26-19-14-24(36-17(2)31)23(33-3)15-20(19)28-16-29-26/h10-11,13-16H,4-9,12H2,1-3H3,(H,28,29,30). The Hall–Kier alpha value is -3.59. The van der Waals surface area contributed by atoms with Gasteiger partial charge in [0.1, 0.15) is 17.9 Å². The second kappa shape index (κ2) is 13.5. The molecular formula is C26H30ClN3O6. The summed E-state index contributed by atoms with van der Waals surface area (Å²) in [5, 5.41) is 4.43. The van der Waals surface area contributed by atoms with Gasteiger partial charge in [0.25, 0.3) is 0 Å². The van der Waals surface area contributed by atoms with E-state index in [4.69, 9.17) is 30.5 Å². The molecular weight excluding hydrogens is 486 g/mol. The number of nitrogens with one attached hydrogen (secondary N) is 1. The Bertz CT molecular complexity index is 1200. The van der Waals surface area contributed by atoms with E-state index in [-0.39, 0.29) is 11.7 Å². The van der Waals surface area contributed by atoms with Crippen LogP contribution in [0.25, 0.3) is 10.9 Å². The summed E-state index contributed by atoms with van der Waals surface area (Å²) in [5.74, 6) is 1.14. The van der Waals surface area contributed by atoms with Gasteiger partial charge >= 0.3 is 11.9 Å². The molecule has 0 radical (unpaired) electrons. The van der Waals surface area contributed by atoms with Gasteiger partial charge in [0, 0.05) is 29.8 Å². The lowest BCUT2D eigenvalue weighted by Gasteiger charge is -2.15. The number of ether oxygens (including phenoxy) is 4. The number of halogens is 1. The van der Waals surface area contributed by atoms with Crippen LogP contribution in [0.2, 0.25) is 5.02 Å². The van der Waals surface area contributed by atoms with E-state index < -0.39 is 5.97 Å². The number of unbranched alkanes of at least 4 members (excludes halogenated alkanes) is 3. The molecule has 0 aliphatic rings. The second-order valence-corrected chi connectivity index (χ2v) is 8.36. The van der Waals surface area contributed by atoms with Crippen molar-refractivity contribution in [1.82, 2.24) is 9.97 Å². The fourth-order valence-corrected chi connectivity index (χ4v) is 3.72. The van der Waals surface area contributed by atoms with Crippen molar-refractivity contribution in [2.75, 3.05) is 25.6 Å². The summed E-state index contributed by atoms with van der Waals surface area (Å²) < 4.78 is 21.6. The van der Waals surface area contributed by atoms with Crippen LogP contribution in [0.3, 0.4) is 0 Å². The molecule has 1 heterocycles. The second-order valence-electron chi connectivity index (χ2n) is 7.92. The van der Waals surface area contributed by atoms with Crippen LogP contribution in [-0.4, -0.2) is 42.2 Å². The van der Waals surface area contributed by atoms with E-state index in [1.165, 1.54) is 20.4 Å². The number of hydrogen-bond acceptors (Lipinski definition) is 9. The minimum atomic E-state index is -0.467. The molecule has 3 rings (SSSR count). The number of fused-ring (bicyclic) bond motifs is 1. The van der Waals surface area contributed by atoms with Crippen LogP contribution in [0.15, 0.2) is 36.7 Å². The van der Waals surface area contributed by atoms with Crippen molar-refractivity contribution in [3.8, 4) is 17.2 Å². The maximum Gasteiger partial charge on any atom is 0.308 e. The monoisotopic (exact) mass is 515 g/mol. The number of benzene rings is 2. The number of esters is 2. The summed E-state index contributed by atoms with van der Waals surface area (Å²) >= 11 is 6.25. The SMILES string of the molecule is CCOC(=O)CCCCCCOc1ccc(Cl)cc1Nc1ncnc2cc(OC)c(OC(C)=O)cc12. The first-order valence-corrected chi connectivity index (χ1v) is 12.1. The number of methoxy groups -OCH3 is 1. The Labute approximate surface area is 215 Å². The molecule has 0 aliphatic heterocycles. The number of nitrogens with zero attached hydrogens (tertiary/aromatic N) is 2. The fraction of sp³-hybridized carbons (Fsp3) is 0.385. The molecule has 1 aromatic heterocycles. The average Bonchev–Trinajstić information content (AvgIpc) is 2.84. The third kappa shape index (κ3) is 7.71. The highest BCUT2D eigenvalue weighted by Gasteiger charge is 2.15. The molecule has 36 heavy (non-hydrogen) atoms. The van der Waals surface area contributed by atoms with Gasteiger partial charge in [0.2, 0.25) is 0 Å². The molecule has 2 aromatic carbocycles. The largest absolute Gasteiger partial charge is 0.493 e. The Morgan fingerprint density at radius 3 is 2.56 bits per heavy atom. The van der Waals surface area contributed by atoms with E-state index in [0.29, 0.717) is 58.6 Å². The Balaban J connectivity index is 1.70. The maximum atomic E-state index is 11.5. The van der Waals surface area contributed by atoms with Gasteiger partial charge in [-0.2, -0.15) is 0 Å². The molecule has 0 saturated carbocycles. The Morgan fingerprint density at radius 2 is 1.81 bits per heavy atom. The van der Waals surface area contributed by atoms with Gasteiger partial charge in [-0.25, -0.2) is 9.97 Å². The molecule has 0 unspecified atom stereocenters. The van der Waals surface area contributed by atoms with Gasteiger partial charge < -0.3 is 24.3 Å². The highest BCUT2D eigenvalue weighted by atomic mass is 35.5. The van der Waals surface area contributed by atoms with Crippen molar-refractivity contribution in [3.05, 3.63) is 41.7 Å². The van der Waals surface area contributed by atoms with Crippen molar-refractivity contribution >= 4 is 45.9 Å². The number of aromatic nitrogens is 2. The van der Waals surface area contributed by atoms with E-state index >= 15 is 0 Å². The quantitative estimate of drug-likeness (QED) is 0.170. The van der Waals surface area contributed by atoms with Crippen molar-refractivity contribution in [3.63, 3.8) is 0 Å². The summed E-state index contributed by atoms with van der Waals surface area (Å²) in [6.07, 6.45) is 5.37. The molecule has 0 aliphatic carbocycles. The van der Waals surface area contributed by atoms with Crippen molar-refractivity contribution in [2.24, 2.45) is 0 Å². The smallest absolute Gasteiger partial charge is 0.308 e. The topological polar surface area (TPSA) is 109 Å². The number of carbonyl (C=O) groups excluding carboxylic acids is 2. The Kier molecular flexibility index (Phi) is 10.1. The molecule has 192 valence electrons. The number of carbonyl (C=O) groups is 2. The highest BCUT2D eigenvalue weighted by molar-refractivity contribution is 6.31. The van der Waals surface area contributed by atoms with Crippen molar-refractivity contribution in [1.29, 1.82) is 0 Å². The lowest BCUT2D eigenvalue weighted by Crippen LogP contribution is -2.05. The molecule has 0 spiro atoms. The van der Waals surface area contributed by atoms with E-state index in [2.05, 4.69) is 15.3 Å². The van der Waals surface area contributed by atoms with Gasteiger partial charge in [-0.1, -0.05) is 24.4 Å². The minimum absolute atomic E-state index is 0.152. The minimum Gasteiger partial charge on any atom is -0.493 e. The van der Waals surface area contributed by atoms with Crippen molar-refractivity contribution in [2.45, 2.75) is 46.0 Å². The van der Waals surface area contributed by atoms with Crippen LogP contribution < -0.4 is 19.5 Å². The van der Waals surface area contributed by atoms with Crippen LogP contribution in [0.5, 0.6) is 17.2 Å². The van der Waals surface area contributed by atoms with E-state index in [9.17, 15) is 9.59 Å². The van der Waals surface area contributed by atoms with Gasteiger partial charge in [-0.15, -0.1) is 0 Å². The first-order valence-electron chi connectivity index (χ1n) is 11.8. The third-order valence-electron chi connectivity index (χ3n) is 5.21. The lowest BCUT2D eigenvalue weighted by molar-refractivity contribution is -0.143. The zero-order valence-corrected chi connectivity index (χ0v) is 21.4. The van der Waals surface area contributed by atoms with E-state index in [1.54, 1.807) is 37.3 Å². The van der Waals surface area contributed by atoms with E-state index in [1.807, 2.05) is 0 Å². The van der Waals surface area contributed by atoms with Gasteiger partial charge in [-0.05, 0) is 44.0 Å². The highest BCUT2D eigenvalue weighted by Crippen LogP contribution is 2.37. The molecule has 0 amide bonds. The summed E-state index contributed by atoms with van der Waals surface area (Å²) in [7, 11) is 1.49. The average molecular weight is 516 g/mol. The molecule has 0 atom stereocenters. The molecule has 0 saturated heterocycles. The zero-order chi connectivity index (χ0) is 25.9. The summed E-state index contributed by atoms with van der Waals surface area (Å²) in [6, 6.07) is 8.63. The number of hydrogen-bond donors (Lipinski definition) is 1. The lowest BCUT2D eigenvalue weighted by atomic mass is 10.1. The molecule has 1 N–H and O–H groups in total. The van der Waals surface area contributed by atoms with E-state index in [0.717, 1.165) is 25.7 Å². The van der Waals surface area contributed by atoms with Crippen LogP contribution in [0, 0.1) is 0 Å². The van der Waals surface area contributed by atoms with Crippen LogP contribution in [-0.2, 0) is 14.3 Å². The third-order valence-corrected chi connectivity index (χ3v) is 5.44. The first kappa shape index (κ1) is 27.0. The zero-order valence-electron chi connectivity index (χ0n) is 20.6. The van der Waals surface area contributed by atoms with Crippen molar-refractivity contribution < 1.29 is 28.5 Å². The van der Waals surface area contributed by atoms with Gasteiger partial charge in [0.05, 0.1) is 31.5 Å². The molecule has 0 bridgehead atoms. The number of anilines is 2. The normalized spacial score (nSPS) is 10.7. The predicted octanol–water partition coefficient (Wildman–Crippen LogP) is 5.85. The predicted molar refractivity (Wildman–Crippen MR) is 137 cm³/mol. The maximum absolute atomic E-state index is 11.5.